The van der Waals surface area contributed by atoms with E-state index >= 15 is 0 Å². The van der Waals surface area contributed by atoms with Crippen LogP contribution in [0.5, 0.6) is 0 Å². The number of aromatic nitrogens is 3. The molecule has 0 saturated heterocycles. The lowest BCUT2D eigenvalue weighted by Gasteiger charge is -2.28. The van der Waals surface area contributed by atoms with Crippen LogP contribution in [0.4, 0.5) is 0 Å². The smallest absolute Gasteiger partial charge is 0.108 e. The average Bonchev–Trinajstić information content (AvgIpc) is 2.89. The Morgan fingerprint density at radius 2 is 2.30 bits per heavy atom. The highest BCUT2D eigenvalue weighted by atomic mass is 35.5. The Labute approximate surface area is 124 Å². The highest BCUT2D eigenvalue weighted by Gasteiger charge is 2.20. The van der Waals surface area contributed by atoms with Gasteiger partial charge in [0.1, 0.15) is 5.82 Å². The zero-order valence-electron chi connectivity index (χ0n) is 11.7. The van der Waals surface area contributed by atoms with Crippen LogP contribution >= 0.6 is 11.6 Å². The zero-order chi connectivity index (χ0) is 13.9. The number of hydrogen-bond acceptors (Lipinski definition) is 3. The van der Waals surface area contributed by atoms with Gasteiger partial charge in [0, 0.05) is 44.6 Å². The molecule has 2 aromatic heterocycles. The molecule has 4 nitrogen and oxygen atoms in total. The van der Waals surface area contributed by atoms with E-state index in [1.807, 2.05) is 18.3 Å². The Hall–Kier alpha value is -1.39. The lowest BCUT2D eigenvalue weighted by Crippen LogP contribution is -2.31. The van der Waals surface area contributed by atoms with Crippen molar-refractivity contribution in [1.29, 1.82) is 0 Å². The number of aryl methyl sites for hydroxylation is 1. The van der Waals surface area contributed by atoms with Gasteiger partial charge in [-0.25, -0.2) is 4.98 Å². The zero-order valence-corrected chi connectivity index (χ0v) is 12.4. The number of nitrogens with zero attached hydrogens (tertiary/aromatic N) is 4. The first-order valence-corrected chi connectivity index (χ1v) is 7.37. The van der Waals surface area contributed by atoms with Gasteiger partial charge in [-0.2, -0.15) is 0 Å². The third-order valence-electron chi connectivity index (χ3n) is 3.82. The van der Waals surface area contributed by atoms with Crippen molar-refractivity contribution >= 4 is 11.6 Å². The second kappa shape index (κ2) is 5.94. The van der Waals surface area contributed by atoms with E-state index in [1.165, 1.54) is 12.2 Å². The quantitative estimate of drug-likeness (QED) is 0.868. The first-order chi connectivity index (χ1) is 9.70. The van der Waals surface area contributed by atoms with E-state index in [0.717, 1.165) is 31.7 Å². The molecule has 0 aliphatic carbocycles. The van der Waals surface area contributed by atoms with Gasteiger partial charge in [-0.15, -0.1) is 0 Å². The van der Waals surface area contributed by atoms with Crippen LogP contribution in [0.2, 0.25) is 5.02 Å². The number of halogens is 1. The molecule has 0 saturated carbocycles. The van der Waals surface area contributed by atoms with Crippen molar-refractivity contribution in [2.24, 2.45) is 5.92 Å². The molecule has 0 radical (unpaired) electrons. The van der Waals surface area contributed by atoms with Gasteiger partial charge >= 0.3 is 0 Å². The van der Waals surface area contributed by atoms with E-state index in [4.69, 9.17) is 11.6 Å². The molecule has 20 heavy (non-hydrogen) atoms. The number of fused-ring (bicyclic) bond motifs is 1. The van der Waals surface area contributed by atoms with Crippen molar-refractivity contribution in [3.05, 3.63) is 47.3 Å². The topological polar surface area (TPSA) is 34.0 Å². The molecule has 3 heterocycles. The molecule has 1 unspecified atom stereocenters. The molecule has 0 N–H and O–H groups in total. The number of rotatable bonds is 4. The third-order valence-corrected chi connectivity index (χ3v) is 4.05. The van der Waals surface area contributed by atoms with Gasteiger partial charge in [-0.05, 0) is 31.5 Å². The highest BCUT2D eigenvalue weighted by molar-refractivity contribution is 6.30. The first-order valence-electron chi connectivity index (χ1n) is 6.99. The Balaban J connectivity index is 1.54. The molecule has 0 aromatic carbocycles. The van der Waals surface area contributed by atoms with Gasteiger partial charge in [0.25, 0.3) is 0 Å². The molecule has 1 aliphatic heterocycles. The molecular formula is C15H19ClN4. The lowest BCUT2D eigenvalue weighted by atomic mass is 9.99. The van der Waals surface area contributed by atoms with Crippen molar-refractivity contribution in [3.63, 3.8) is 0 Å². The maximum absolute atomic E-state index is 5.86. The summed E-state index contributed by atoms with van der Waals surface area (Å²) in [5.41, 5.74) is 1.07. The standard InChI is InChI=1S/C15H19ClN4/c1-19(11-14-4-3-13(16)8-18-14)9-12-2-5-15-17-6-7-20(15)10-12/h3-4,6-8,12H,2,5,9-11H2,1H3. The summed E-state index contributed by atoms with van der Waals surface area (Å²) in [6.45, 7) is 3.03. The minimum absolute atomic E-state index is 0.689. The van der Waals surface area contributed by atoms with E-state index in [0.29, 0.717) is 10.9 Å². The van der Waals surface area contributed by atoms with Crippen LogP contribution < -0.4 is 0 Å². The third kappa shape index (κ3) is 3.19. The normalized spacial score (nSPS) is 18.2. The summed E-state index contributed by atoms with van der Waals surface area (Å²) in [6, 6.07) is 3.89. The summed E-state index contributed by atoms with van der Waals surface area (Å²) in [6.07, 6.45) is 8.00. The molecule has 1 atom stereocenters. The van der Waals surface area contributed by atoms with Crippen LogP contribution in [0.15, 0.2) is 30.7 Å². The fraction of sp³-hybridized carbons (Fsp3) is 0.467. The molecule has 0 spiro atoms. The fourth-order valence-corrected chi connectivity index (χ4v) is 2.98. The molecule has 2 aromatic rings. The summed E-state index contributed by atoms with van der Waals surface area (Å²) in [5.74, 6) is 1.91. The Morgan fingerprint density at radius 1 is 1.40 bits per heavy atom. The van der Waals surface area contributed by atoms with Crippen LogP contribution in [0.1, 0.15) is 17.9 Å². The summed E-state index contributed by atoms with van der Waals surface area (Å²) in [5, 5.41) is 0.691. The predicted octanol–water partition coefficient (Wildman–Crippen LogP) is 2.63. The lowest BCUT2D eigenvalue weighted by molar-refractivity contribution is 0.227. The summed E-state index contributed by atoms with van der Waals surface area (Å²) >= 11 is 5.86. The number of imidazole rings is 1. The molecule has 1 aliphatic rings. The molecule has 5 heteroatoms. The molecule has 0 amide bonds. The van der Waals surface area contributed by atoms with E-state index < -0.39 is 0 Å². The second-order valence-corrected chi connectivity index (χ2v) is 6.00. The monoisotopic (exact) mass is 290 g/mol. The summed E-state index contributed by atoms with van der Waals surface area (Å²) < 4.78 is 2.28. The highest BCUT2D eigenvalue weighted by Crippen LogP contribution is 2.20. The van der Waals surface area contributed by atoms with Crippen molar-refractivity contribution in [1.82, 2.24) is 19.4 Å². The minimum atomic E-state index is 0.689. The van der Waals surface area contributed by atoms with Crippen LogP contribution in [0.25, 0.3) is 0 Å². The van der Waals surface area contributed by atoms with Crippen molar-refractivity contribution in [2.75, 3.05) is 13.6 Å². The van der Waals surface area contributed by atoms with Crippen LogP contribution in [-0.4, -0.2) is 33.0 Å². The molecule has 0 bridgehead atoms. The molecular weight excluding hydrogens is 272 g/mol. The van der Waals surface area contributed by atoms with Gasteiger partial charge in [-0.3, -0.25) is 4.98 Å². The average molecular weight is 291 g/mol. The summed E-state index contributed by atoms with van der Waals surface area (Å²) in [4.78, 5) is 11.1. The van der Waals surface area contributed by atoms with Gasteiger partial charge in [0.2, 0.25) is 0 Å². The maximum Gasteiger partial charge on any atom is 0.108 e. The Morgan fingerprint density at radius 3 is 3.10 bits per heavy atom. The Bertz CT molecular complexity index is 564. The molecule has 3 rings (SSSR count). The number of hydrogen-bond donors (Lipinski definition) is 0. The van der Waals surface area contributed by atoms with Gasteiger partial charge in [0.15, 0.2) is 0 Å². The fourth-order valence-electron chi connectivity index (χ4n) is 2.87. The van der Waals surface area contributed by atoms with Gasteiger partial charge < -0.3 is 9.47 Å². The minimum Gasteiger partial charge on any atom is -0.335 e. The van der Waals surface area contributed by atoms with E-state index in [1.54, 1.807) is 6.20 Å². The van der Waals surface area contributed by atoms with Crippen LogP contribution in [0.3, 0.4) is 0 Å². The van der Waals surface area contributed by atoms with Crippen molar-refractivity contribution < 1.29 is 0 Å². The van der Waals surface area contributed by atoms with Crippen molar-refractivity contribution in [3.8, 4) is 0 Å². The van der Waals surface area contributed by atoms with Gasteiger partial charge in [-0.1, -0.05) is 11.6 Å². The second-order valence-electron chi connectivity index (χ2n) is 5.57. The van der Waals surface area contributed by atoms with Crippen LogP contribution in [0, 0.1) is 5.92 Å². The largest absolute Gasteiger partial charge is 0.335 e. The van der Waals surface area contributed by atoms with E-state index in [2.05, 4.69) is 32.7 Å². The maximum atomic E-state index is 5.86. The van der Waals surface area contributed by atoms with Gasteiger partial charge in [0.05, 0.1) is 10.7 Å². The van der Waals surface area contributed by atoms with E-state index in [9.17, 15) is 0 Å². The van der Waals surface area contributed by atoms with E-state index in [-0.39, 0.29) is 0 Å². The SMILES string of the molecule is CN(Cc1ccc(Cl)cn1)CC1CCc2nccn2C1. The molecule has 106 valence electrons. The first kappa shape index (κ1) is 13.6. The number of pyridine rings is 1. The van der Waals surface area contributed by atoms with Crippen LogP contribution in [-0.2, 0) is 19.5 Å². The predicted molar refractivity (Wildman–Crippen MR) is 79.6 cm³/mol. The molecule has 0 fully saturated rings. The summed E-state index contributed by atoms with van der Waals surface area (Å²) in [7, 11) is 2.15. The Kier molecular flexibility index (Phi) is 4.03. The van der Waals surface area contributed by atoms with Crippen molar-refractivity contribution in [2.45, 2.75) is 25.9 Å².